The monoisotopic (exact) mass is 537 g/mol. The number of fused-ring (bicyclic) bond motifs is 1. The summed E-state index contributed by atoms with van der Waals surface area (Å²) < 4.78 is 32.0. The molecule has 0 saturated carbocycles. The second-order valence-corrected chi connectivity index (χ2v) is 9.55. The van der Waals surface area contributed by atoms with Gasteiger partial charge in [-0.15, -0.1) is 12.4 Å². The SMILES string of the molecule is CCOc1cc2c(c(F)c1OCC)C(=N)N(CC(=O)c1cc(NCCO)c(OC)c(C(C)(C)C)c1)C2.Cl. The molecule has 1 aliphatic heterocycles. The highest BCUT2D eigenvalue weighted by molar-refractivity contribution is 6.06. The molecular formula is C27H37ClFN3O5. The molecule has 2 aromatic carbocycles. The average Bonchev–Trinajstić information content (AvgIpc) is 3.13. The smallest absolute Gasteiger partial charge is 0.197 e. The van der Waals surface area contributed by atoms with E-state index in [0.717, 1.165) is 5.56 Å². The molecule has 0 aromatic heterocycles. The van der Waals surface area contributed by atoms with Crippen molar-refractivity contribution in [2.24, 2.45) is 0 Å². The minimum atomic E-state index is -0.646. The van der Waals surface area contributed by atoms with Crippen LogP contribution in [0.3, 0.4) is 0 Å². The summed E-state index contributed by atoms with van der Waals surface area (Å²) in [7, 11) is 1.57. The van der Waals surface area contributed by atoms with E-state index in [1.165, 1.54) is 0 Å². The molecule has 0 spiro atoms. The van der Waals surface area contributed by atoms with E-state index in [-0.39, 0.29) is 67.1 Å². The summed E-state index contributed by atoms with van der Waals surface area (Å²) in [5.74, 6) is -0.0384. The number of anilines is 1. The van der Waals surface area contributed by atoms with Gasteiger partial charge in [-0.1, -0.05) is 20.8 Å². The fraction of sp³-hybridized carbons (Fsp3) is 0.481. The first kappa shape index (κ1) is 30.2. The second-order valence-electron chi connectivity index (χ2n) is 9.55. The number of amidine groups is 1. The number of carbonyl (C=O) groups excluding carboxylic acids is 1. The highest BCUT2D eigenvalue weighted by Gasteiger charge is 2.33. The van der Waals surface area contributed by atoms with Crippen LogP contribution in [0.25, 0.3) is 0 Å². The van der Waals surface area contributed by atoms with Gasteiger partial charge in [0.2, 0.25) is 0 Å². The number of nitrogens with zero attached hydrogens (tertiary/aromatic N) is 1. The lowest BCUT2D eigenvalue weighted by Crippen LogP contribution is -2.31. The summed E-state index contributed by atoms with van der Waals surface area (Å²) in [4.78, 5) is 15.0. The zero-order valence-corrected chi connectivity index (χ0v) is 23.1. The van der Waals surface area contributed by atoms with Gasteiger partial charge >= 0.3 is 0 Å². The molecule has 0 unspecified atom stereocenters. The zero-order valence-electron chi connectivity index (χ0n) is 22.3. The van der Waals surface area contributed by atoms with E-state index in [1.54, 1.807) is 44.1 Å². The van der Waals surface area contributed by atoms with Crippen LogP contribution in [-0.2, 0) is 12.0 Å². The van der Waals surface area contributed by atoms with Crippen LogP contribution < -0.4 is 19.5 Å². The molecular weight excluding hydrogens is 501 g/mol. The molecule has 10 heteroatoms. The third-order valence-electron chi connectivity index (χ3n) is 5.96. The Kier molecular flexibility index (Phi) is 10.2. The number of benzene rings is 2. The number of nitrogens with one attached hydrogen (secondary N) is 2. The maximum Gasteiger partial charge on any atom is 0.197 e. The van der Waals surface area contributed by atoms with Crippen molar-refractivity contribution >= 4 is 29.7 Å². The van der Waals surface area contributed by atoms with Crippen molar-refractivity contribution in [3.63, 3.8) is 0 Å². The third-order valence-corrected chi connectivity index (χ3v) is 5.96. The maximum atomic E-state index is 15.4. The van der Waals surface area contributed by atoms with Crippen molar-refractivity contribution in [2.45, 2.75) is 46.6 Å². The van der Waals surface area contributed by atoms with Crippen LogP contribution in [0.4, 0.5) is 10.1 Å². The molecule has 0 saturated heterocycles. The number of aliphatic hydroxyl groups excluding tert-OH is 1. The summed E-state index contributed by atoms with van der Waals surface area (Å²) in [6.07, 6.45) is 0. The minimum Gasteiger partial charge on any atom is -0.494 e. The summed E-state index contributed by atoms with van der Waals surface area (Å²) >= 11 is 0. The average molecular weight is 538 g/mol. The molecule has 8 nitrogen and oxygen atoms in total. The largest absolute Gasteiger partial charge is 0.494 e. The number of hydrogen-bond donors (Lipinski definition) is 3. The lowest BCUT2D eigenvalue weighted by Gasteiger charge is -2.26. The molecule has 2 aromatic rings. The molecule has 1 heterocycles. The molecule has 0 bridgehead atoms. The lowest BCUT2D eigenvalue weighted by molar-refractivity contribution is 0.0962. The number of methoxy groups -OCH3 is 1. The highest BCUT2D eigenvalue weighted by atomic mass is 35.5. The molecule has 3 rings (SSSR count). The number of halogens is 2. The van der Waals surface area contributed by atoms with Crippen molar-refractivity contribution in [3.8, 4) is 17.2 Å². The van der Waals surface area contributed by atoms with Crippen LogP contribution in [0, 0.1) is 11.2 Å². The van der Waals surface area contributed by atoms with Gasteiger partial charge in [0.1, 0.15) is 11.6 Å². The summed E-state index contributed by atoms with van der Waals surface area (Å²) in [6.45, 7) is 10.6. The maximum absolute atomic E-state index is 15.4. The zero-order chi connectivity index (χ0) is 26.6. The number of ether oxygens (including phenoxy) is 3. The van der Waals surface area contributed by atoms with E-state index in [1.807, 2.05) is 20.8 Å². The van der Waals surface area contributed by atoms with Gasteiger partial charge < -0.3 is 29.5 Å². The van der Waals surface area contributed by atoms with Gasteiger partial charge in [-0.2, -0.15) is 0 Å². The summed E-state index contributed by atoms with van der Waals surface area (Å²) in [5, 5.41) is 21.0. The fourth-order valence-corrected chi connectivity index (χ4v) is 4.31. The first-order chi connectivity index (χ1) is 17.1. The van der Waals surface area contributed by atoms with Gasteiger partial charge in [-0.05, 0) is 43.0 Å². The van der Waals surface area contributed by atoms with Crippen molar-refractivity contribution in [1.29, 1.82) is 5.41 Å². The third kappa shape index (κ3) is 6.27. The molecule has 0 atom stereocenters. The molecule has 37 heavy (non-hydrogen) atoms. The first-order valence-corrected chi connectivity index (χ1v) is 12.1. The second kappa shape index (κ2) is 12.5. The first-order valence-electron chi connectivity index (χ1n) is 12.1. The van der Waals surface area contributed by atoms with E-state index in [4.69, 9.17) is 19.6 Å². The molecule has 1 aliphatic rings. The van der Waals surface area contributed by atoms with E-state index in [2.05, 4.69) is 5.32 Å². The number of carbonyl (C=O) groups is 1. The molecule has 0 fully saturated rings. The Labute approximate surface area is 224 Å². The van der Waals surface area contributed by atoms with Gasteiger partial charge in [-0.3, -0.25) is 10.2 Å². The Bertz CT molecular complexity index is 1150. The number of ketones is 1. The van der Waals surface area contributed by atoms with Crippen LogP contribution in [-0.4, -0.2) is 61.6 Å². The predicted molar refractivity (Wildman–Crippen MR) is 145 cm³/mol. The summed E-state index contributed by atoms with van der Waals surface area (Å²) in [5.41, 5.74) is 2.27. The van der Waals surface area contributed by atoms with E-state index in [0.29, 0.717) is 41.5 Å². The van der Waals surface area contributed by atoms with Crippen LogP contribution in [0.1, 0.15) is 61.7 Å². The predicted octanol–water partition coefficient (Wildman–Crippen LogP) is 4.78. The van der Waals surface area contributed by atoms with Crippen LogP contribution in [0.15, 0.2) is 18.2 Å². The Morgan fingerprint density at radius 3 is 2.41 bits per heavy atom. The molecule has 0 radical (unpaired) electrons. The summed E-state index contributed by atoms with van der Waals surface area (Å²) in [6, 6.07) is 5.19. The number of hydrogen-bond acceptors (Lipinski definition) is 7. The Morgan fingerprint density at radius 2 is 1.84 bits per heavy atom. The standard InChI is InChI=1S/C27H36FN3O5.ClH/c1-7-35-21-13-17-14-31(26(29)22(17)23(28)25(21)36-8-2)15-20(33)16-11-18(27(3,4)5)24(34-6)19(12-16)30-9-10-32;/h11-13,29-30,32H,7-10,14-15H2,1-6H3;1H. The van der Waals surface area contributed by atoms with Gasteiger partial charge in [-0.25, -0.2) is 4.39 Å². The quantitative estimate of drug-likeness (QED) is 0.354. The van der Waals surface area contributed by atoms with E-state index >= 15 is 4.39 Å². The Morgan fingerprint density at radius 1 is 1.16 bits per heavy atom. The molecule has 204 valence electrons. The van der Waals surface area contributed by atoms with E-state index < -0.39 is 5.82 Å². The van der Waals surface area contributed by atoms with Gasteiger partial charge in [0.15, 0.2) is 23.1 Å². The van der Waals surface area contributed by atoms with Crippen molar-refractivity contribution in [2.75, 3.05) is 45.3 Å². The fourth-order valence-electron chi connectivity index (χ4n) is 4.31. The van der Waals surface area contributed by atoms with Gasteiger partial charge in [0.25, 0.3) is 0 Å². The minimum absolute atomic E-state index is 0. The number of Topliss-reactive ketones (excluding diaryl/α,β-unsaturated/α-hetero) is 1. The van der Waals surface area contributed by atoms with Crippen LogP contribution in [0.2, 0.25) is 0 Å². The Hall–Kier alpha value is -3.04. The Balaban J connectivity index is 0.00000481. The molecule has 0 amide bonds. The molecule has 3 N–H and O–H groups in total. The van der Waals surface area contributed by atoms with Gasteiger partial charge in [0.05, 0.1) is 44.7 Å². The number of rotatable bonds is 11. The molecule has 0 aliphatic carbocycles. The highest BCUT2D eigenvalue weighted by Crippen LogP contribution is 2.40. The van der Waals surface area contributed by atoms with Crippen molar-refractivity contribution < 1.29 is 28.5 Å². The lowest BCUT2D eigenvalue weighted by atomic mass is 9.84. The number of aliphatic hydroxyl groups is 1. The normalized spacial score (nSPS) is 12.6. The van der Waals surface area contributed by atoms with Gasteiger partial charge in [0, 0.05) is 24.2 Å². The van der Waals surface area contributed by atoms with Crippen molar-refractivity contribution in [3.05, 3.63) is 46.3 Å². The van der Waals surface area contributed by atoms with E-state index in [9.17, 15) is 9.90 Å². The van der Waals surface area contributed by atoms with Crippen LogP contribution >= 0.6 is 12.4 Å². The van der Waals surface area contributed by atoms with Crippen LogP contribution in [0.5, 0.6) is 17.2 Å². The topological polar surface area (TPSA) is 104 Å². The van der Waals surface area contributed by atoms with Crippen molar-refractivity contribution in [1.82, 2.24) is 4.90 Å².